The minimum Gasteiger partial charge on any atom is -0.483 e. The Balaban J connectivity index is 1.48. The van der Waals surface area contributed by atoms with E-state index in [2.05, 4.69) is 28.4 Å². The standard InChI is InChI=1S/C25H29N3O3S/c1-17-9-10-18(2)24(19(17)3)31-16-22(29)26-25-27-23(20-7-5-4-6-8-20)21(32-25)15-28-11-13-30-14-12-28/h4-10H,11-16H2,1-3H3,(H,26,27,29). The highest BCUT2D eigenvalue weighted by molar-refractivity contribution is 7.16. The Morgan fingerprint density at radius 2 is 1.81 bits per heavy atom. The zero-order chi connectivity index (χ0) is 22.5. The molecule has 1 N–H and O–H groups in total. The maximum absolute atomic E-state index is 12.6. The molecule has 0 atom stereocenters. The van der Waals surface area contributed by atoms with Crippen LogP contribution in [0.1, 0.15) is 21.6 Å². The summed E-state index contributed by atoms with van der Waals surface area (Å²) in [5.74, 6) is 0.564. The summed E-state index contributed by atoms with van der Waals surface area (Å²) in [5.41, 5.74) is 5.20. The zero-order valence-electron chi connectivity index (χ0n) is 18.8. The molecule has 6 nitrogen and oxygen atoms in total. The van der Waals surface area contributed by atoms with Crippen LogP contribution in [0.2, 0.25) is 0 Å². The number of morpholine rings is 1. The van der Waals surface area contributed by atoms with E-state index in [9.17, 15) is 4.79 Å². The molecule has 1 amide bonds. The molecule has 1 fully saturated rings. The van der Waals surface area contributed by atoms with Crippen LogP contribution in [-0.2, 0) is 16.1 Å². The van der Waals surface area contributed by atoms with Gasteiger partial charge in [-0.15, -0.1) is 0 Å². The molecule has 0 aliphatic carbocycles. The number of nitrogens with zero attached hydrogens (tertiary/aromatic N) is 2. The van der Waals surface area contributed by atoms with E-state index in [1.165, 1.54) is 11.3 Å². The van der Waals surface area contributed by atoms with Crippen molar-refractivity contribution in [3.63, 3.8) is 0 Å². The predicted molar refractivity (Wildman–Crippen MR) is 128 cm³/mol. The monoisotopic (exact) mass is 451 g/mol. The van der Waals surface area contributed by atoms with Crippen molar-refractivity contribution >= 4 is 22.4 Å². The van der Waals surface area contributed by atoms with Gasteiger partial charge in [-0.2, -0.15) is 0 Å². The van der Waals surface area contributed by atoms with Crippen LogP contribution in [-0.4, -0.2) is 48.7 Å². The van der Waals surface area contributed by atoms with E-state index in [1.54, 1.807) is 0 Å². The van der Waals surface area contributed by atoms with Crippen LogP contribution >= 0.6 is 11.3 Å². The molecule has 168 valence electrons. The number of aryl methyl sites for hydroxylation is 2. The summed E-state index contributed by atoms with van der Waals surface area (Å²) in [6.45, 7) is 10.1. The number of carbonyl (C=O) groups is 1. The molecule has 7 heteroatoms. The van der Waals surface area contributed by atoms with Crippen LogP contribution < -0.4 is 10.1 Å². The molecule has 2 aromatic carbocycles. The smallest absolute Gasteiger partial charge is 0.264 e. The Kier molecular flexibility index (Phi) is 7.19. The minimum absolute atomic E-state index is 0.0514. The summed E-state index contributed by atoms with van der Waals surface area (Å²) in [5, 5.41) is 3.53. The van der Waals surface area contributed by atoms with Gasteiger partial charge in [0.05, 0.1) is 18.9 Å². The Morgan fingerprint density at radius 1 is 1.09 bits per heavy atom. The number of hydrogen-bond donors (Lipinski definition) is 1. The van der Waals surface area contributed by atoms with Gasteiger partial charge < -0.3 is 9.47 Å². The summed E-state index contributed by atoms with van der Waals surface area (Å²) >= 11 is 1.53. The number of hydrogen-bond acceptors (Lipinski definition) is 6. The average Bonchev–Trinajstić information content (AvgIpc) is 3.19. The fourth-order valence-electron chi connectivity index (χ4n) is 3.74. The molecule has 3 aromatic rings. The highest BCUT2D eigenvalue weighted by Crippen LogP contribution is 2.32. The molecule has 0 saturated carbocycles. The summed E-state index contributed by atoms with van der Waals surface area (Å²) in [6, 6.07) is 14.2. The van der Waals surface area contributed by atoms with Crippen molar-refractivity contribution in [2.24, 2.45) is 0 Å². The maximum atomic E-state index is 12.6. The SMILES string of the molecule is Cc1ccc(C)c(OCC(=O)Nc2nc(-c3ccccc3)c(CN3CCOCC3)s2)c1C. The van der Waals surface area contributed by atoms with E-state index in [-0.39, 0.29) is 12.5 Å². The summed E-state index contributed by atoms with van der Waals surface area (Å²) in [7, 11) is 0. The van der Waals surface area contributed by atoms with Crippen LogP contribution in [0.3, 0.4) is 0 Å². The van der Waals surface area contributed by atoms with Crippen molar-refractivity contribution in [3.8, 4) is 17.0 Å². The van der Waals surface area contributed by atoms with E-state index in [4.69, 9.17) is 14.5 Å². The summed E-state index contributed by atoms with van der Waals surface area (Å²) in [6.07, 6.45) is 0. The van der Waals surface area contributed by atoms with Crippen molar-refractivity contribution in [2.75, 3.05) is 38.2 Å². The first-order valence-electron chi connectivity index (χ1n) is 10.9. The third kappa shape index (κ3) is 5.35. The van der Waals surface area contributed by atoms with E-state index in [0.717, 1.165) is 71.4 Å². The van der Waals surface area contributed by atoms with E-state index >= 15 is 0 Å². The molecular formula is C25H29N3O3S. The normalized spacial score (nSPS) is 14.3. The third-order valence-electron chi connectivity index (χ3n) is 5.68. The molecule has 1 aliphatic heterocycles. The Bertz CT molecular complexity index is 1080. The number of nitrogens with one attached hydrogen (secondary N) is 1. The predicted octanol–water partition coefficient (Wildman–Crippen LogP) is 4.59. The van der Waals surface area contributed by atoms with Gasteiger partial charge in [0.1, 0.15) is 5.75 Å². The van der Waals surface area contributed by atoms with Crippen LogP contribution in [0.5, 0.6) is 5.75 Å². The topological polar surface area (TPSA) is 63.7 Å². The molecular weight excluding hydrogens is 422 g/mol. The van der Waals surface area contributed by atoms with E-state index in [1.807, 2.05) is 45.0 Å². The number of ether oxygens (including phenoxy) is 2. The Labute approximate surface area is 193 Å². The second kappa shape index (κ2) is 10.3. The maximum Gasteiger partial charge on any atom is 0.264 e. The molecule has 2 heterocycles. The first kappa shape index (κ1) is 22.5. The van der Waals surface area contributed by atoms with Gasteiger partial charge in [0.15, 0.2) is 11.7 Å². The number of thiazole rings is 1. The van der Waals surface area contributed by atoms with Gasteiger partial charge in [0.25, 0.3) is 5.91 Å². The fraction of sp³-hybridized carbons (Fsp3) is 0.360. The molecule has 0 spiro atoms. The molecule has 0 bridgehead atoms. The first-order valence-corrected chi connectivity index (χ1v) is 11.7. The summed E-state index contributed by atoms with van der Waals surface area (Å²) in [4.78, 5) is 20.9. The van der Waals surface area contributed by atoms with Crippen molar-refractivity contribution in [3.05, 3.63) is 64.0 Å². The number of aromatic nitrogens is 1. The molecule has 1 saturated heterocycles. The molecule has 4 rings (SSSR count). The number of rotatable bonds is 7. The van der Waals surface area contributed by atoms with Crippen molar-refractivity contribution < 1.29 is 14.3 Å². The highest BCUT2D eigenvalue weighted by atomic mass is 32.1. The van der Waals surface area contributed by atoms with Crippen molar-refractivity contribution in [2.45, 2.75) is 27.3 Å². The fourth-order valence-corrected chi connectivity index (χ4v) is 4.78. The first-order chi connectivity index (χ1) is 15.5. The van der Waals surface area contributed by atoms with Crippen LogP contribution in [0.4, 0.5) is 5.13 Å². The van der Waals surface area contributed by atoms with Crippen molar-refractivity contribution in [1.29, 1.82) is 0 Å². The number of amides is 1. The number of benzene rings is 2. The van der Waals surface area contributed by atoms with Gasteiger partial charge in [-0.25, -0.2) is 4.98 Å². The van der Waals surface area contributed by atoms with E-state index in [0.29, 0.717) is 5.13 Å². The quantitative estimate of drug-likeness (QED) is 0.569. The lowest BCUT2D eigenvalue weighted by Crippen LogP contribution is -2.35. The Hall–Kier alpha value is -2.74. The van der Waals surface area contributed by atoms with Gasteiger partial charge in [0, 0.05) is 30.1 Å². The van der Waals surface area contributed by atoms with E-state index < -0.39 is 0 Å². The van der Waals surface area contributed by atoms with Gasteiger partial charge in [-0.3, -0.25) is 15.0 Å². The lowest BCUT2D eigenvalue weighted by molar-refractivity contribution is -0.118. The van der Waals surface area contributed by atoms with Gasteiger partial charge in [0.2, 0.25) is 0 Å². The lowest BCUT2D eigenvalue weighted by atomic mass is 10.1. The zero-order valence-corrected chi connectivity index (χ0v) is 19.6. The third-order valence-corrected chi connectivity index (χ3v) is 6.64. The number of carbonyl (C=O) groups excluding carboxylic acids is 1. The van der Waals surface area contributed by atoms with Gasteiger partial charge in [-0.05, 0) is 37.5 Å². The number of anilines is 1. The van der Waals surface area contributed by atoms with Crippen LogP contribution in [0.25, 0.3) is 11.3 Å². The second-order valence-electron chi connectivity index (χ2n) is 8.04. The summed E-state index contributed by atoms with van der Waals surface area (Å²) < 4.78 is 11.3. The molecule has 0 radical (unpaired) electrons. The molecule has 0 unspecified atom stereocenters. The Morgan fingerprint density at radius 3 is 2.56 bits per heavy atom. The van der Waals surface area contributed by atoms with Crippen molar-refractivity contribution in [1.82, 2.24) is 9.88 Å². The highest BCUT2D eigenvalue weighted by Gasteiger charge is 2.19. The second-order valence-corrected chi connectivity index (χ2v) is 9.12. The molecule has 1 aliphatic rings. The lowest BCUT2D eigenvalue weighted by Gasteiger charge is -2.26. The van der Waals surface area contributed by atoms with Gasteiger partial charge >= 0.3 is 0 Å². The molecule has 1 aromatic heterocycles. The van der Waals surface area contributed by atoms with Gasteiger partial charge in [-0.1, -0.05) is 53.8 Å². The average molecular weight is 452 g/mol. The van der Waals surface area contributed by atoms with Crippen LogP contribution in [0, 0.1) is 20.8 Å². The molecule has 32 heavy (non-hydrogen) atoms. The largest absolute Gasteiger partial charge is 0.483 e. The van der Waals surface area contributed by atoms with Crippen LogP contribution in [0.15, 0.2) is 42.5 Å². The minimum atomic E-state index is -0.211.